The average Bonchev–Trinajstić information content (AvgIpc) is 3.06. The molecule has 1 fully saturated rings. The number of aliphatic hydroxyl groups is 1. The van der Waals surface area contributed by atoms with Gasteiger partial charge in [-0.05, 0) is 25.5 Å². The first-order chi connectivity index (χ1) is 12.2. The van der Waals surface area contributed by atoms with Crippen molar-refractivity contribution in [1.29, 1.82) is 0 Å². The van der Waals surface area contributed by atoms with Crippen molar-refractivity contribution < 1.29 is 9.84 Å². The van der Waals surface area contributed by atoms with E-state index in [9.17, 15) is 5.11 Å². The largest absolute Gasteiger partial charge is 0.489 e. The summed E-state index contributed by atoms with van der Waals surface area (Å²) in [6.07, 6.45) is 6.98. The topological polar surface area (TPSA) is 50.5 Å². The lowest BCUT2D eigenvalue weighted by molar-refractivity contribution is 0.0402. The van der Waals surface area contributed by atoms with Crippen molar-refractivity contribution >= 4 is 0 Å². The van der Waals surface area contributed by atoms with E-state index in [1.807, 2.05) is 36.0 Å². The van der Waals surface area contributed by atoms with Crippen LogP contribution in [0.2, 0.25) is 0 Å². The van der Waals surface area contributed by atoms with Crippen LogP contribution in [0, 0.1) is 5.92 Å². The number of ether oxygens (including phenoxy) is 1. The van der Waals surface area contributed by atoms with Gasteiger partial charge in [0.15, 0.2) is 0 Å². The third-order valence-corrected chi connectivity index (χ3v) is 4.83. The van der Waals surface area contributed by atoms with Gasteiger partial charge in [0, 0.05) is 44.0 Å². The summed E-state index contributed by atoms with van der Waals surface area (Å²) < 4.78 is 7.67. The molecule has 1 saturated heterocycles. The quantitative estimate of drug-likeness (QED) is 0.787. The van der Waals surface area contributed by atoms with Crippen LogP contribution in [-0.2, 0) is 13.6 Å². The van der Waals surface area contributed by atoms with E-state index >= 15 is 0 Å². The first-order valence-corrected chi connectivity index (χ1v) is 8.88. The Labute approximate surface area is 149 Å². The van der Waals surface area contributed by atoms with E-state index in [0.29, 0.717) is 6.61 Å². The third-order valence-electron chi connectivity index (χ3n) is 4.83. The van der Waals surface area contributed by atoms with Crippen LogP contribution >= 0.6 is 0 Å². The Morgan fingerprint density at radius 3 is 3.04 bits per heavy atom. The van der Waals surface area contributed by atoms with Gasteiger partial charge in [0.2, 0.25) is 0 Å². The van der Waals surface area contributed by atoms with Crippen molar-refractivity contribution in [3.8, 4) is 5.75 Å². The van der Waals surface area contributed by atoms with E-state index in [-0.39, 0.29) is 5.92 Å². The van der Waals surface area contributed by atoms with Gasteiger partial charge in [0.05, 0.1) is 0 Å². The minimum Gasteiger partial charge on any atom is -0.489 e. The predicted molar refractivity (Wildman–Crippen MR) is 98.3 cm³/mol. The van der Waals surface area contributed by atoms with Crippen LogP contribution in [0.4, 0.5) is 0 Å². The van der Waals surface area contributed by atoms with Crippen molar-refractivity contribution in [2.24, 2.45) is 13.0 Å². The fourth-order valence-corrected chi connectivity index (χ4v) is 3.53. The summed E-state index contributed by atoms with van der Waals surface area (Å²) in [6, 6.07) is 8.15. The van der Waals surface area contributed by atoms with Crippen LogP contribution < -0.4 is 4.74 Å². The smallest absolute Gasteiger partial charge is 0.137 e. The SMILES string of the molecule is C=CCOc1ccccc1CN1CCCC(C(O)c2nccn2C)C1. The summed E-state index contributed by atoms with van der Waals surface area (Å²) in [5, 5.41) is 10.7. The number of para-hydroxylation sites is 1. The standard InChI is InChI=1S/C20H27N3O2/c1-3-13-25-18-9-5-4-7-16(18)14-23-11-6-8-17(15-23)19(24)20-21-10-12-22(20)2/h3-5,7,9-10,12,17,19,24H,1,6,8,11,13-15H2,2H3. The minimum atomic E-state index is -0.518. The van der Waals surface area contributed by atoms with E-state index in [4.69, 9.17) is 4.74 Å². The molecule has 1 aliphatic heterocycles. The molecule has 0 spiro atoms. The van der Waals surface area contributed by atoms with Gasteiger partial charge in [-0.3, -0.25) is 4.90 Å². The van der Waals surface area contributed by atoms with Gasteiger partial charge in [-0.2, -0.15) is 0 Å². The van der Waals surface area contributed by atoms with Gasteiger partial charge < -0.3 is 14.4 Å². The molecular weight excluding hydrogens is 314 g/mol. The highest BCUT2D eigenvalue weighted by molar-refractivity contribution is 5.33. The van der Waals surface area contributed by atoms with Gasteiger partial charge >= 0.3 is 0 Å². The van der Waals surface area contributed by atoms with Crippen molar-refractivity contribution in [3.63, 3.8) is 0 Å². The normalized spacial score (nSPS) is 19.5. The van der Waals surface area contributed by atoms with Crippen LogP contribution in [0.25, 0.3) is 0 Å². The number of imidazole rings is 1. The second kappa shape index (κ2) is 8.32. The molecule has 25 heavy (non-hydrogen) atoms. The van der Waals surface area contributed by atoms with E-state index in [2.05, 4.69) is 22.5 Å². The Kier molecular flexibility index (Phi) is 5.89. The maximum absolute atomic E-state index is 10.7. The number of piperidine rings is 1. The molecule has 1 aliphatic rings. The minimum absolute atomic E-state index is 0.205. The third kappa shape index (κ3) is 4.30. The molecule has 0 radical (unpaired) electrons. The molecule has 0 saturated carbocycles. The van der Waals surface area contributed by atoms with Crippen LogP contribution in [0.15, 0.2) is 49.3 Å². The average molecular weight is 341 g/mol. The zero-order valence-corrected chi connectivity index (χ0v) is 14.8. The summed E-state index contributed by atoms with van der Waals surface area (Å²) in [5.74, 6) is 1.87. The van der Waals surface area contributed by atoms with Crippen LogP contribution in [0.5, 0.6) is 5.75 Å². The second-order valence-corrected chi connectivity index (χ2v) is 6.69. The second-order valence-electron chi connectivity index (χ2n) is 6.69. The molecule has 0 aliphatic carbocycles. The fraction of sp³-hybridized carbons (Fsp3) is 0.450. The molecule has 2 heterocycles. The molecule has 0 amide bonds. The van der Waals surface area contributed by atoms with Gasteiger partial charge in [-0.25, -0.2) is 4.98 Å². The molecule has 2 unspecified atom stereocenters. The van der Waals surface area contributed by atoms with Gasteiger partial charge in [0.1, 0.15) is 24.3 Å². The van der Waals surface area contributed by atoms with Crippen molar-refractivity contribution in [1.82, 2.24) is 14.5 Å². The Hall–Kier alpha value is -2.11. The van der Waals surface area contributed by atoms with Gasteiger partial charge in [-0.1, -0.05) is 30.9 Å². The first kappa shape index (κ1) is 17.7. The van der Waals surface area contributed by atoms with Crippen LogP contribution in [-0.4, -0.2) is 39.3 Å². The number of hydrogen-bond acceptors (Lipinski definition) is 4. The molecule has 1 aromatic heterocycles. The van der Waals surface area contributed by atoms with Crippen molar-refractivity contribution in [3.05, 3.63) is 60.7 Å². The highest BCUT2D eigenvalue weighted by Crippen LogP contribution is 2.30. The molecule has 5 heteroatoms. The molecule has 2 atom stereocenters. The molecule has 1 N–H and O–H groups in total. The molecule has 5 nitrogen and oxygen atoms in total. The van der Waals surface area contributed by atoms with Crippen LogP contribution in [0.3, 0.4) is 0 Å². The van der Waals surface area contributed by atoms with Gasteiger partial charge in [0.25, 0.3) is 0 Å². The fourth-order valence-electron chi connectivity index (χ4n) is 3.53. The number of benzene rings is 1. The predicted octanol–water partition coefficient (Wildman–Crippen LogP) is 2.93. The molecule has 0 bridgehead atoms. The number of aromatic nitrogens is 2. The highest BCUT2D eigenvalue weighted by Gasteiger charge is 2.29. The summed E-state index contributed by atoms with van der Waals surface area (Å²) in [6.45, 7) is 6.96. The number of rotatable bonds is 7. The molecular formula is C20H27N3O2. The maximum atomic E-state index is 10.7. The highest BCUT2D eigenvalue weighted by atomic mass is 16.5. The monoisotopic (exact) mass is 341 g/mol. The van der Waals surface area contributed by atoms with E-state index in [0.717, 1.165) is 44.0 Å². The number of aryl methyl sites for hydroxylation is 1. The van der Waals surface area contributed by atoms with E-state index < -0.39 is 6.10 Å². The number of likely N-dealkylation sites (tertiary alicyclic amines) is 1. The maximum Gasteiger partial charge on any atom is 0.137 e. The lowest BCUT2D eigenvalue weighted by atomic mass is 9.91. The lowest BCUT2D eigenvalue weighted by Gasteiger charge is -2.35. The number of aliphatic hydroxyl groups excluding tert-OH is 1. The summed E-state index contributed by atoms with van der Waals surface area (Å²) in [7, 11) is 1.93. The molecule has 2 aromatic rings. The Bertz CT molecular complexity index is 698. The summed E-state index contributed by atoms with van der Waals surface area (Å²) in [4.78, 5) is 6.71. The molecule has 1 aromatic carbocycles. The Balaban J connectivity index is 1.66. The first-order valence-electron chi connectivity index (χ1n) is 8.88. The zero-order chi connectivity index (χ0) is 17.6. The zero-order valence-electron chi connectivity index (χ0n) is 14.8. The lowest BCUT2D eigenvalue weighted by Crippen LogP contribution is -2.38. The molecule has 3 rings (SSSR count). The van der Waals surface area contributed by atoms with Crippen molar-refractivity contribution in [2.75, 3.05) is 19.7 Å². The number of hydrogen-bond donors (Lipinski definition) is 1. The molecule has 134 valence electrons. The van der Waals surface area contributed by atoms with Crippen LogP contribution in [0.1, 0.15) is 30.3 Å². The summed E-state index contributed by atoms with van der Waals surface area (Å²) >= 11 is 0. The van der Waals surface area contributed by atoms with E-state index in [1.54, 1.807) is 12.3 Å². The Morgan fingerprint density at radius 2 is 2.28 bits per heavy atom. The van der Waals surface area contributed by atoms with Gasteiger partial charge in [-0.15, -0.1) is 0 Å². The Morgan fingerprint density at radius 1 is 1.44 bits per heavy atom. The number of nitrogens with zero attached hydrogens (tertiary/aromatic N) is 3. The van der Waals surface area contributed by atoms with E-state index in [1.165, 1.54) is 5.56 Å². The summed E-state index contributed by atoms with van der Waals surface area (Å²) in [5.41, 5.74) is 1.18. The van der Waals surface area contributed by atoms with Crippen molar-refractivity contribution in [2.45, 2.75) is 25.5 Å².